The van der Waals surface area contributed by atoms with Crippen LogP contribution in [-0.4, -0.2) is 31.4 Å². The summed E-state index contributed by atoms with van der Waals surface area (Å²) < 4.78 is 27.1. The van der Waals surface area contributed by atoms with Crippen LogP contribution in [0.2, 0.25) is 0 Å². The van der Waals surface area contributed by atoms with Gasteiger partial charge in [0, 0.05) is 11.9 Å². The minimum atomic E-state index is -3.83. The van der Waals surface area contributed by atoms with Crippen LogP contribution in [0.3, 0.4) is 0 Å². The predicted molar refractivity (Wildman–Crippen MR) is 95.2 cm³/mol. The predicted octanol–water partition coefficient (Wildman–Crippen LogP) is 3.67. The minimum absolute atomic E-state index is 0.0197. The molecule has 0 amide bonds. The molecule has 1 atom stereocenters. The van der Waals surface area contributed by atoms with Gasteiger partial charge in [0.25, 0.3) is 10.0 Å². The average Bonchev–Trinajstić information content (AvgIpc) is 3.02. The Kier molecular flexibility index (Phi) is 5.83. The molecule has 1 N–H and O–H groups in total. The Balaban J connectivity index is 2.55. The first-order valence-corrected chi connectivity index (χ1v) is 10.3. The van der Waals surface area contributed by atoms with E-state index in [9.17, 15) is 18.3 Å². The molecule has 0 aliphatic heterocycles. The molecule has 124 valence electrons. The lowest BCUT2D eigenvalue weighted by Crippen LogP contribution is -2.35. The summed E-state index contributed by atoms with van der Waals surface area (Å²) in [5, 5.41) is 11.5. The molecule has 8 heteroatoms. The molecule has 1 heterocycles. The van der Waals surface area contributed by atoms with Crippen LogP contribution in [0.5, 0.6) is 0 Å². The zero-order valence-corrected chi connectivity index (χ0v) is 15.6. The number of anilines is 1. The summed E-state index contributed by atoms with van der Waals surface area (Å²) in [5.41, 5.74) is 0.208. The van der Waals surface area contributed by atoms with Gasteiger partial charge in [-0.2, -0.15) is 0 Å². The summed E-state index contributed by atoms with van der Waals surface area (Å²) in [6.07, 6.45) is 0. The van der Waals surface area contributed by atoms with Gasteiger partial charge in [0.15, 0.2) is 0 Å². The lowest BCUT2D eigenvalue weighted by atomic mass is 10.2. The number of carboxylic acid groups (broad SMARTS) is 1. The van der Waals surface area contributed by atoms with E-state index in [0.717, 1.165) is 11.3 Å². The van der Waals surface area contributed by atoms with Crippen molar-refractivity contribution in [3.8, 4) is 0 Å². The highest BCUT2D eigenvalue weighted by atomic mass is 79.9. The number of hydrogen-bond donors (Lipinski definition) is 1. The standard InChI is InChI=1S/C15H16BrNO4S2/c1-11(9-16)10-17(13-7-8-22-14(13)15(18)19)23(20,21)12-5-3-2-4-6-12/h2-8,11H,9-10H2,1H3,(H,18,19). The van der Waals surface area contributed by atoms with E-state index >= 15 is 0 Å². The van der Waals surface area contributed by atoms with Crippen LogP contribution >= 0.6 is 27.3 Å². The molecule has 2 rings (SSSR count). The van der Waals surface area contributed by atoms with Crippen LogP contribution in [-0.2, 0) is 10.0 Å². The smallest absolute Gasteiger partial charge is 0.348 e. The number of carbonyl (C=O) groups is 1. The quantitative estimate of drug-likeness (QED) is 0.697. The molecular weight excluding hydrogens is 402 g/mol. The highest BCUT2D eigenvalue weighted by Crippen LogP contribution is 2.32. The number of carboxylic acids is 1. The van der Waals surface area contributed by atoms with Crippen molar-refractivity contribution in [3.63, 3.8) is 0 Å². The molecule has 23 heavy (non-hydrogen) atoms. The third-order valence-electron chi connectivity index (χ3n) is 3.18. The second-order valence-corrected chi connectivity index (χ2v) is 8.47. The van der Waals surface area contributed by atoms with Gasteiger partial charge in [-0.3, -0.25) is 4.31 Å². The van der Waals surface area contributed by atoms with Crippen LogP contribution in [0.15, 0.2) is 46.7 Å². The zero-order valence-electron chi connectivity index (χ0n) is 12.3. The molecule has 2 aromatic rings. The van der Waals surface area contributed by atoms with Crippen molar-refractivity contribution in [2.75, 3.05) is 16.2 Å². The van der Waals surface area contributed by atoms with Gasteiger partial charge in [0.2, 0.25) is 0 Å². The van der Waals surface area contributed by atoms with Crippen molar-refractivity contribution in [2.45, 2.75) is 11.8 Å². The Labute approximate surface area is 147 Å². The van der Waals surface area contributed by atoms with Crippen LogP contribution in [0.25, 0.3) is 0 Å². The second-order valence-electron chi connectivity index (χ2n) is 5.05. The first-order valence-electron chi connectivity index (χ1n) is 6.82. The summed E-state index contributed by atoms with van der Waals surface area (Å²) in [4.78, 5) is 11.5. The maximum Gasteiger partial charge on any atom is 0.348 e. The van der Waals surface area contributed by atoms with E-state index in [4.69, 9.17) is 0 Å². The van der Waals surface area contributed by atoms with Crippen LogP contribution in [0, 0.1) is 5.92 Å². The van der Waals surface area contributed by atoms with Gasteiger partial charge >= 0.3 is 5.97 Å². The molecule has 0 bridgehead atoms. The number of alkyl halides is 1. The number of sulfonamides is 1. The number of rotatable bonds is 7. The van der Waals surface area contributed by atoms with Crippen molar-refractivity contribution < 1.29 is 18.3 Å². The average molecular weight is 418 g/mol. The van der Waals surface area contributed by atoms with Crippen LogP contribution in [0.4, 0.5) is 5.69 Å². The van der Waals surface area contributed by atoms with E-state index in [1.54, 1.807) is 23.6 Å². The maximum absolute atomic E-state index is 13.0. The fraction of sp³-hybridized carbons (Fsp3) is 0.267. The van der Waals surface area contributed by atoms with Gasteiger partial charge in [-0.1, -0.05) is 41.1 Å². The van der Waals surface area contributed by atoms with Crippen molar-refractivity contribution in [1.82, 2.24) is 0 Å². The lowest BCUT2D eigenvalue weighted by Gasteiger charge is -2.26. The van der Waals surface area contributed by atoms with E-state index in [1.165, 1.54) is 22.5 Å². The molecule has 1 unspecified atom stereocenters. The number of benzene rings is 1. The fourth-order valence-corrected chi connectivity index (χ4v) is 4.65. The highest BCUT2D eigenvalue weighted by Gasteiger charge is 2.30. The van der Waals surface area contributed by atoms with Gasteiger partial charge in [0.1, 0.15) is 4.88 Å². The molecule has 1 aromatic carbocycles. The SMILES string of the molecule is CC(CBr)CN(c1ccsc1C(=O)O)S(=O)(=O)c1ccccc1. The third-order valence-corrected chi connectivity index (χ3v) is 6.97. The van der Waals surface area contributed by atoms with E-state index in [1.807, 2.05) is 6.92 Å². The Morgan fingerprint density at radius 2 is 1.96 bits per heavy atom. The van der Waals surface area contributed by atoms with Gasteiger partial charge in [-0.15, -0.1) is 11.3 Å². The minimum Gasteiger partial charge on any atom is -0.477 e. The summed E-state index contributed by atoms with van der Waals surface area (Å²) in [5.74, 6) is -1.11. The normalized spacial score (nSPS) is 12.8. The first-order chi connectivity index (χ1) is 10.9. The number of thiophene rings is 1. The van der Waals surface area contributed by atoms with Gasteiger partial charge in [-0.25, -0.2) is 13.2 Å². The largest absolute Gasteiger partial charge is 0.477 e. The first kappa shape index (κ1) is 18.0. The number of nitrogens with zero attached hydrogens (tertiary/aromatic N) is 1. The summed E-state index contributed by atoms with van der Waals surface area (Å²) >= 11 is 4.36. The van der Waals surface area contributed by atoms with E-state index in [2.05, 4.69) is 15.9 Å². The molecule has 5 nitrogen and oxygen atoms in total. The molecule has 0 fully saturated rings. The fourth-order valence-electron chi connectivity index (χ4n) is 2.04. The van der Waals surface area contributed by atoms with Crippen molar-refractivity contribution in [3.05, 3.63) is 46.7 Å². The van der Waals surface area contributed by atoms with Crippen molar-refractivity contribution in [1.29, 1.82) is 0 Å². The topological polar surface area (TPSA) is 74.7 Å². The molecule has 0 saturated carbocycles. The monoisotopic (exact) mass is 417 g/mol. The number of hydrogen-bond acceptors (Lipinski definition) is 4. The third kappa shape index (κ3) is 3.94. The lowest BCUT2D eigenvalue weighted by molar-refractivity contribution is 0.0703. The molecule has 0 spiro atoms. The molecule has 0 saturated heterocycles. The van der Waals surface area contributed by atoms with Crippen LogP contribution in [0.1, 0.15) is 16.6 Å². The molecule has 0 radical (unpaired) electrons. The highest BCUT2D eigenvalue weighted by molar-refractivity contribution is 9.09. The van der Waals surface area contributed by atoms with Crippen LogP contribution < -0.4 is 4.31 Å². The summed E-state index contributed by atoms with van der Waals surface area (Å²) in [6.45, 7) is 2.09. The maximum atomic E-state index is 13.0. The molecular formula is C15H16BrNO4S2. The summed E-state index contributed by atoms with van der Waals surface area (Å²) in [6, 6.07) is 9.57. The van der Waals surface area contributed by atoms with E-state index < -0.39 is 16.0 Å². The van der Waals surface area contributed by atoms with E-state index in [-0.39, 0.29) is 27.9 Å². The number of aromatic carboxylic acids is 1. The van der Waals surface area contributed by atoms with Gasteiger partial charge in [-0.05, 0) is 29.5 Å². The summed E-state index contributed by atoms with van der Waals surface area (Å²) in [7, 11) is -3.83. The second kappa shape index (κ2) is 7.46. The Morgan fingerprint density at radius 1 is 1.30 bits per heavy atom. The van der Waals surface area contributed by atoms with Gasteiger partial charge in [0.05, 0.1) is 10.6 Å². The number of halogens is 1. The zero-order chi connectivity index (χ0) is 17.0. The van der Waals surface area contributed by atoms with Crippen molar-refractivity contribution >= 4 is 48.9 Å². The Bertz CT molecular complexity index is 774. The van der Waals surface area contributed by atoms with Crippen molar-refractivity contribution in [2.24, 2.45) is 5.92 Å². The molecule has 0 aliphatic rings. The van der Waals surface area contributed by atoms with Gasteiger partial charge < -0.3 is 5.11 Å². The molecule has 1 aromatic heterocycles. The Morgan fingerprint density at radius 3 is 2.52 bits per heavy atom. The Hall–Kier alpha value is -1.38. The van der Waals surface area contributed by atoms with E-state index in [0.29, 0.717) is 5.33 Å². The molecule has 0 aliphatic carbocycles.